The Morgan fingerprint density at radius 1 is 1.36 bits per heavy atom. The van der Waals surface area contributed by atoms with Crippen LogP contribution in [0.4, 0.5) is 11.5 Å². The Hall–Kier alpha value is -2.81. The van der Waals surface area contributed by atoms with Crippen molar-refractivity contribution in [3.8, 4) is 11.3 Å². The summed E-state index contributed by atoms with van der Waals surface area (Å²) >= 11 is 0. The molecule has 6 nitrogen and oxygen atoms in total. The second-order valence-corrected chi connectivity index (χ2v) is 6.04. The summed E-state index contributed by atoms with van der Waals surface area (Å²) in [4.78, 5) is 14.2. The van der Waals surface area contributed by atoms with E-state index in [-0.39, 0.29) is 12.0 Å². The molecule has 0 aliphatic rings. The molecule has 0 aliphatic carbocycles. The summed E-state index contributed by atoms with van der Waals surface area (Å²) in [5.41, 5.74) is 8.00. The minimum atomic E-state index is -0.879. The third kappa shape index (κ3) is 2.93. The highest BCUT2D eigenvalue weighted by Gasteiger charge is 2.24. The molecule has 2 aromatic rings. The Balaban J connectivity index is 2.49. The van der Waals surface area contributed by atoms with Gasteiger partial charge in [-0.25, -0.2) is 4.85 Å². The van der Waals surface area contributed by atoms with Gasteiger partial charge in [-0.05, 0) is 31.9 Å². The summed E-state index contributed by atoms with van der Waals surface area (Å²) in [5, 5.41) is 13.3. The average molecular weight is 298 g/mol. The number of hydrogen-bond acceptors (Lipinski definition) is 3. The normalized spacial score (nSPS) is 11.2. The zero-order chi connectivity index (χ0) is 16.5. The number of hydrogen-bond donors (Lipinski definition) is 2. The maximum atomic E-state index is 10.7. The molecule has 1 aromatic carbocycles. The van der Waals surface area contributed by atoms with E-state index in [0.29, 0.717) is 22.8 Å². The molecule has 0 unspecified atom stereocenters. The summed E-state index contributed by atoms with van der Waals surface area (Å²) < 4.78 is 1.64. The van der Waals surface area contributed by atoms with Crippen LogP contribution in [0.3, 0.4) is 0 Å². The van der Waals surface area contributed by atoms with Crippen LogP contribution in [-0.4, -0.2) is 20.9 Å². The lowest BCUT2D eigenvalue weighted by molar-refractivity contribution is -0.136. The molecule has 0 spiro atoms. The van der Waals surface area contributed by atoms with E-state index in [1.54, 1.807) is 28.9 Å². The number of carbonyl (C=O) groups is 1. The second kappa shape index (κ2) is 5.53. The third-order valence-electron chi connectivity index (χ3n) is 3.23. The van der Waals surface area contributed by atoms with Crippen molar-refractivity contribution in [3.63, 3.8) is 0 Å². The third-order valence-corrected chi connectivity index (χ3v) is 3.23. The first-order chi connectivity index (χ1) is 10.2. The lowest BCUT2D eigenvalue weighted by Crippen LogP contribution is -2.24. The van der Waals surface area contributed by atoms with Gasteiger partial charge in [0.25, 0.3) is 5.69 Å². The second-order valence-electron chi connectivity index (χ2n) is 6.04. The smallest absolute Gasteiger partial charge is 0.307 e. The van der Waals surface area contributed by atoms with Crippen LogP contribution < -0.4 is 5.73 Å². The predicted molar refractivity (Wildman–Crippen MR) is 84.7 cm³/mol. The van der Waals surface area contributed by atoms with Crippen LogP contribution in [0.15, 0.2) is 24.3 Å². The SMILES string of the molecule is [C-]#[N+]c1c(-c2ccc(CC(=O)O)cc2)nn(C(C)(C)C)c1N. The van der Waals surface area contributed by atoms with Gasteiger partial charge in [-0.1, -0.05) is 24.3 Å². The minimum Gasteiger partial charge on any atom is -0.481 e. The quantitative estimate of drug-likeness (QED) is 0.853. The van der Waals surface area contributed by atoms with Crippen molar-refractivity contribution in [2.45, 2.75) is 32.7 Å². The highest BCUT2D eigenvalue weighted by Crippen LogP contribution is 2.37. The van der Waals surface area contributed by atoms with Crippen LogP contribution >= 0.6 is 0 Å². The van der Waals surface area contributed by atoms with Gasteiger partial charge in [0, 0.05) is 0 Å². The van der Waals surface area contributed by atoms with Gasteiger partial charge >= 0.3 is 5.97 Å². The largest absolute Gasteiger partial charge is 0.481 e. The van der Waals surface area contributed by atoms with E-state index >= 15 is 0 Å². The Kier molecular flexibility index (Phi) is 3.91. The Morgan fingerprint density at radius 3 is 2.41 bits per heavy atom. The maximum Gasteiger partial charge on any atom is 0.307 e. The molecule has 0 atom stereocenters. The number of nitrogens with two attached hydrogens (primary N) is 1. The Morgan fingerprint density at radius 2 is 1.95 bits per heavy atom. The fraction of sp³-hybridized carbons (Fsp3) is 0.312. The number of rotatable bonds is 3. The summed E-state index contributed by atoms with van der Waals surface area (Å²) in [7, 11) is 0. The standard InChI is InChI=1S/C16H18N4O2/c1-16(2,3)20-15(17)14(18-4)13(19-20)11-7-5-10(6-8-11)9-12(21)22/h5-8H,9,17H2,1-3H3,(H,21,22). The van der Waals surface area contributed by atoms with Crippen LogP contribution in [0.5, 0.6) is 0 Å². The first-order valence-electron chi connectivity index (χ1n) is 6.81. The van der Waals surface area contributed by atoms with Crippen LogP contribution in [0, 0.1) is 6.57 Å². The van der Waals surface area contributed by atoms with Gasteiger partial charge in [0.1, 0.15) is 11.5 Å². The minimum absolute atomic E-state index is 0.0332. The number of aliphatic carboxylic acids is 1. The molecule has 0 bridgehead atoms. The van der Waals surface area contributed by atoms with Gasteiger partial charge in [-0.2, -0.15) is 5.10 Å². The van der Waals surface area contributed by atoms with E-state index in [0.717, 1.165) is 5.56 Å². The van der Waals surface area contributed by atoms with Gasteiger partial charge in [0.05, 0.1) is 18.5 Å². The summed E-state index contributed by atoms with van der Waals surface area (Å²) in [6, 6.07) is 6.98. The van der Waals surface area contributed by atoms with Gasteiger partial charge in [0.2, 0.25) is 0 Å². The molecule has 0 amide bonds. The van der Waals surface area contributed by atoms with E-state index in [2.05, 4.69) is 9.94 Å². The molecule has 0 saturated heterocycles. The molecule has 3 N–H and O–H groups in total. The van der Waals surface area contributed by atoms with Crippen molar-refractivity contribution >= 4 is 17.5 Å². The molecular formula is C16H18N4O2. The van der Waals surface area contributed by atoms with Crippen molar-refractivity contribution in [1.29, 1.82) is 0 Å². The van der Waals surface area contributed by atoms with Gasteiger partial charge in [-0.15, -0.1) is 0 Å². The molecule has 6 heteroatoms. The Bertz CT molecular complexity index is 746. The summed E-state index contributed by atoms with van der Waals surface area (Å²) in [6.07, 6.45) is -0.0332. The summed E-state index contributed by atoms with van der Waals surface area (Å²) in [5.74, 6) is -0.539. The van der Waals surface area contributed by atoms with Crippen molar-refractivity contribution < 1.29 is 9.90 Å². The number of nitrogens with zero attached hydrogens (tertiary/aromatic N) is 3. The molecule has 2 rings (SSSR count). The molecule has 1 heterocycles. The number of aromatic nitrogens is 2. The molecule has 1 aromatic heterocycles. The first kappa shape index (κ1) is 15.6. The summed E-state index contributed by atoms with van der Waals surface area (Å²) in [6.45, 7) is 13.2. The van der Waals surface area contributed by atoms with Crippen LogP contribution in [0.25, 0.3) is 16.1 Å². The Labute approximate surface area is 129 Å². The van der Waals surface area contributed by atoms with Gasteiger partial charge < -0.3 is 10.8 Å². The van der Waals surface area contributed by atoms with Crippen molar-refractivity contribution in [3.05, 3.63) is 41.2 Å². The molecule has 22 heavy (non-hydrogen) atoms. The zero-order valence-corrected chi connectivity index (χ0v) is 12.8. The van der Waals surface area contributed by atoms with E-state index in [9.17, 15) is 4.79 Å². The van der Waals surface area contributed by atoms with Gasteiger partial charge in [-0.3, -0.25) is 9.48 Å². The van der Waals surface area contributed by atoms with Crippen molar-refractivity contribution in [2.24, 2.45) is 0 Å². The molecule has 0 fully saturated rings. The van der Waals surface area contributed by atoms with Crippen LogP contribution in [-0.2, 0) is 16.8 Å². The number of anilines is 1. The van der Waals surface area contributed by atoms with Crippen LogP contribution in [0.2, 0.25) is 0 Å². The highest BCUT2D eigenvalue weighted by molar-refractivity contribution is 5.83. The first-order valence-corrected chi connectivity index (χ1v) is 6.81. The average Bonchev–Trinajstić information content (AvgIpc) is 2.75. The fourth-order valence-electron chi connectivity index (χ4n) is 2.19. The molecular weight excluding hydrogens is 280 g/mol. The maximum absolute atomic E-state index is 10.7. The van der Waals surface area contributed by atoms with E-state index in [1.807, 2.05) is 20.8 Å². The number of carboxylic acids is 1. The topological polar surface area (TPSA) is 85.5 Å². The molecule has 0 aliphatic heterocycles. The van der Waals surface area contributed by atoms with Crippen molar-refractivity contribution in [1.82, 2.24) is 9.78 Å². The van der Waals surface area contributed by atoms with Crippen LogP contribution in [0.1, 0.15) is 26.3 Å². The fourth-order valence-corrected chi connectivity index (χ4v) is 2.19. The number of benzene rings is 1. The van der Waals surface area contributed by atoms with Gasteiger partial charge in [0.15, 0.2) is 0 Å². The molecule has 0 radical (unpaired) electrons. The molecule has 114 valence electrons. The predicted octanol–water partition coefficient (Wildman–Crippen LogP) is 3.07. The van der Waals surface area contributed by atoms with Crippen molar-refractivity contribution in [2.75, 3.05) is 5.73 Å². The highest BCUT2D eigenvalue weighted by atomic mass is 16.4. The number of nitrogen functional groups attached to an aromatic ring is 1. The van der Waals surface area contributed by atoms with E-state index in [1.165, 1.54) is 0 Å². The monoisotopic (exact) mass is 298 g/mol. The van der Waals surface area contributed by atoms with E-state index < -0.39 is 5.97 Å². The van der Waals surface area contributed by atoms with E-state index in [4.69, 9.17) is 17.4 Å². The zero-order valence-electron chi connectivity index (χ0n) is 12.8. The lowest BCUT2D eigenvalue weighted by atomic mass is 10.1. The number of carboxylic acid groups (broad SMARTS) is 1. The molecule has 0 saturated carbocycles. The lowest BCUT2D eigenvalue weighted by Gasteiger charge is -2.21.